The number of hydrogen-bond donors (Lipinski definition) is 0. The van der Waals surface area contributed by atoms with Crippen molar-refractivity contribution in [3.05, 3.63) is 26.1 Å². The number of nitrogens with zero attached hydrogens (tertiary/aromatic N) is 3. The Labute approximate surface area is 142 Å². The minimum Gasteiger partial charge on any atom is -0.249 e. The molecule has 0 bridgehead atoms. The van der Waals surface area contributed by atoms with E-state index >= 15 is 0 Å². The molecule has 2 aromatic rings. The lowest BCUT2D eigenvalue weighted by Crippen LogP contribution is -1.98. The van der Waals surface area contributed by atoms with Crippen LogP contribution in [-0.4, -0.2) is 15.2 Å². The van der Waals surface area contributed by atoms with Crippen LogP contribution in [0.5, 0.6) is 0 Å². The fourth-order valence-corrected chi connectivity index (χ4v) is 4.16. The molecule has 0 saturated carbocycles. The highest BCUT2D eigenvalue weighted by Crippen LogP contribution is 2.33. The molecular weight excluding hydrogens is 310 g/mol. The molecule has 2 aromatic heterocycles. The molecule has 2 atom stereocenters. The zero-order valence-electron chi connectivity index (χ0n) is 14.5. The first-order valence-corrected chi connectivity index (χ1v) is 9.80. The second-order valence-corrected chi connectivity index (χ2v) is 8.90. The quantitative estimate of drug-likeness (QED) is 0.628. The summed E-state index contributed by atoms with van der Waals surface area (Å²) >= 11 is 3.64. The van der Waals surface area contributed by atoms with Crippen molar-refractivity contribution < 1.29 is 0 Å². The maximum absolute atomic E-state index is 4.61. The minimum absolute atomic E-state index is 0.474. The van der Waals surface area contributed by atoms with Crippen LogP contribution in [0.25, 0.3) is 0 Å². The van der Waals surface area contributed by atoms with Crippen molar-refractivity contribution in [2.75, 3.05) is 0 Å². The first-order valence-electron chi connectivity index (χ1n) is 8.17. The summed E-state index contributed by atoms with van der Waals surface area (Å²) in [6.07, 6.45) is 4.34. The normalized spacial score (nSPS) is 14.7. The van der Waals surface area contributed by atoms with Crippen LogP contribution in [-0.2, 0) is 0 Å². The molecule has 0 radical (unpaired) electrons. The van der Waals surface area contributed by atoms with Crippen LogP contribution in [0.1, 0.15) is 98.0 Å². The molecule has 0 saturated heterocycles. The molecule has 2 unspecified atom stereocenters. The van der Waals surface area contributed by atoms with E-state index in [1.54, 1.807) is 11.3 Å². The van der Waals surface area contributed by atoms with Gasteiger partial charge in [0.05, 0.1) is 5.01 Å². The van der Waals surface area contributed by atoms with E-state index < -0.39 is 0 Å². The van der Waals surface area contributed by atoms with Crippen molar-refractivity contribution in [2.45, 2.75) is 78.1 Å². The van der Waals surface area contributed by atoms with E-state index in [2.05, 4.69) is 56.7 Å². The van der Waals surface area contributed by atoms with Gasteiger partial charge in [0.25, 0.3) is 0 Å². The topological polar surface area (TPSA) is 38.7 Å². The predicted molar refractivity (Wildman–Crippen MR) is 96.3 cm³/mol. The third kappa shape index (κ3) is 4.35. The summed E-state index contributed by atoms with van der Waals surface area (Å²) in [4.78, 5) is 6.00. The van der Waals surface area contributed by atoms with E-state index in [-0.39, 0.29) is 0 Å². The van der Waals surface area contributed by atoms with Crippen LogP contribution in [0.15, 0.2) is 6.20 Å². The lowest BCUT2D eigenvalue weighted by molar-refractivity contribution is 0.567. The monoisotopic (exact) mass is 337 g/mol. The average Bonchev–Trinajstić information content (AvgIpc) is 3.12. The van der Waals surface area contributed by atoms with Crippen LogP contribution in [0, 0.1) is 0 Å². The highest BCUT2D eigenvalue weighted by molar-refractivity contribution is 7.11. The SMILES string of the molecule is CC(C)c1cnc(C(C)CCC(C)c2nnc(C(C)C)s2)s1. The second kappa shape index (κ2) is 7.64. The Bertz CT molecular complexity index is 534. The zero-order chi connectivity index (χ0) is 16.3. The van der Waals surface area contributed by atoms with Gasteiger partial charge in [-0.3, -0.25) is 0 Å². The standard InChI is InChI=1S/C17H27N3S2/c1-10(2)14-9-18-16(21-14)12(5)7-8-13(6)17-20-19-15(22-17)11(3)4/h9-13H,7-8H2,1-6H3. The van der Waals surface area contributed by atoms with Gasteiger partial charge in [0.15, 0.2) is 0 Å². The Morgan fingerprint density at radius 2 is 1.36 bits per heavy atom. The Kier molecular flexibility index (Phi) is 6.09. The van der Waals surface area contributed by atoms with E-state index in [9.17, 15) is 0 Å². The predicted octanol–water partition coefficient (Wildman–Crippen LogP) is 5.93. The lowest BCUT2D eigenvalue weighted by atomic mass is 9.99. The molecule has 0 N–H and O–H groups in total. The highest BCUT2D eigenvalue weighted by Gasteiger charge is 2.17. The van der Waals surface area contributed by atoms with Crippen LogP contribution in [0.3, 0.4) is 0 Å². The lowest BCUT2D eigenvalue weighted by Gasteiger charge is -2.11. The van der Waals surface area contributed by atoms with Gasteiger partial charge in [-0.15, -0.1) is 32.9 Å². The minimum atomic E-state index is 0.474. The van der Waals surface area contributed by atoms with Crippen molar-refractivity contribution in [1.29, 1.82) is 0 Å². The molecule has 0 amide bonds. The van der Waals surface area contributed by atoms with E-state index in [1.807, 2.05) is 17.5 Å². The van der Waals surface area contributed by atoms with Crippen LogP contribution in [0.4, 0.5) is 0 Å². The molecule has 0 aliphatic rings. The first kappa shape index (κ1) is 17.5. The number of hydrogen-bond acceptors (Lipinski definition) is 5. The zero-order valence-corrected chi connectivity index (χ0v) is 16.1. The fourth-order valence-electron chi connectivity index (χ4n) is 2.22. The Hall–Kier alpha value is -0.810. The van der Waals surface area contributed by atoms with Crippen LogP contribution < -0.4 is 0 Å². The van der Waals surface area contributed by atoms with Gasteiger partial charge >= 0.3 is 0 Å². The third-order valence-corrected chi connectivity index (χ3v) is 6.92. The molecule has 3 nitrogen and oxygen atoms in total. The molecule has 2 rings (SSSR count). The van der Waals surface area contributed by atoms with Crippen molar-refractivity contribution in [3.8, 4) is 0 Å². The van der Waals surface area contributed by atoms with Crippen molar-refractivity contribution >= 4 is 22.7 Å². The molecule has 0 aliphatic carbocycles. The maximum atomic E-state index is 4.61. The summed E-state index contributed by atoms with van der Waals surface area (Å²) in [6, 6.07) is 0. The number of thiazole rings is 1. The number of aromatic nitrogens is 3. The van der Waals surface area contributed by atoms with Crippen molar-refractivity contribution in [1.82, 2.24) is 15.2 Å². The molecule has 5 heteroatoms. The van der Waals surface area contributed by atoms with Gasteiger partial charge in [0.1, 0.15) is 10.0 Å². The van der Waals surface area contributed by atoms with Gasteiger partial charge < -0.3 is 0 Å². The summed E-state index contributed by atoms with van der Waals surface area (Å²) in [6.45, 7) is 13.4. The average molecular weight is 338 g/mol. The summed E-state index contributed by atoms with van der Waals surface area (Å²) in [7, 11) is 0. The van der Waals surface area contributed by atoms with Gasteiger partial charge in [0.2, 0.25) is 0 Å². The fraction of sp³-hybridized carbons (Fsp3) is 0.706. The molecule has 2 heterocycles. The summed E-state index contributed by atoms with van der Waals surface area (Å²) < 4.78 is 0. The highest BCUT2D eigenvalue weighted by atomic mass is 32.1. The number of rotatable bonds is 7. The molecule has 122 valence electrons. The second-order valence-electron chi connectivity index (χ2n) is 6.77. The molecule has 0 spiro atoms. The van der Waals surface area contributed by atoms with Gasteiger partial charge in [-0.25, -0.2) is 4.98 Å². The van der Waals surface area contributed by atoms with E-state index in [0.717, 1.165) is 17.8 Å². The van der Waals surface area contributed by atoms with Crippen molar-refractivity contribution in [3.63, 3.8) is 0 Å². The van der Waals surface area contributed by atoms with Gasteiger partial charge in [0, 0.05) is 28.8 Å². The molecule has 0 fully saturated rings. The maximum Gasteiger partial charge on any atom is 0.120 e. The van der Waals surface area contributed by atoms with E-state index in [4.69, 9.17) is 0 Å². The Morgan fingerprint density at radius 1 is 0.773 bits per heavy atom. The van der Waals surface area contributed by atoms with Crippen LogP contribution in [0.2, 0.25) is 0 Å². The van der Waals surface area contributed by atoms with E-state index in [1.165, 1.54) is 14.9 Å². The summed E-state index contributed by atoms with van der Waals surface area (Å²) in [5.41, 5.74) is 0. The van der Waals surface area contributed by atoms with Gasteiger partial charge in [-0.2, -0.15) is 0 Å². The largest absolute Gasteiger partial charge is 0.249 e. The van der Waals surface area contributed by atoms with E-state index in [0.29, 0.717) is 23.7 Å². The van der Waals surface area contributed by atoms with Gasteiger partial charge in [-0.05, 0) is 18.8 Å². The Balaban J connectivity index is 1.90. The van der Waals surface area contributed by atoms with Crippen molar-refractivity contribution in [2.24, 2.45) is 0 Å². The molecule has 22 heavy (non-hydrogen) atoms. The Morgan fingerprint density at radius 3 is 1.86 bits per heavy atom. The molecule has 0 aliphatic heterocycles. The summed E-state index contributed by atoms with van der Waals surface area (Å²) in [5.74, 6) is 2.06. The van der Waals surface area contributed by atoms with Crippen LogP contribution >= 0.6 is 22.7 Å². The molecule has 0 aromatic carbocycles. The first-order chi connectivity index (χ1) is 10.4. The smallest absolute Gasteiger partial charge is 0.120 e. The third-order valence-electron chi connectivity index (χ3n) is 3.94. The molecular formula is C17H27N3S2. The van der Waals surface area contributed by atoms with Gasteiger partial charge in [-0.1, -0.05) is 41.5 Å². The summed E-state index contributed by atoms with van der Waals surface area (Å²) in [5, 5.41) is 12.3.